The number of carboxylic acid groups (broad SMARTS) is 1. The predicted octanol–water partition coefficient (Wildman–Crippen LogP) is 3.32. The number of rotatable bonds is 8. The number of halogens is 2. The molecule has 0 unspecified atom stereocenters. The lowest BCUT2D eigenvalue weighted by Gasteiger charge is -2.19. The summed E-state index contributed by atoms with van der Waals surface area (Å²) in [6.07, 6.45) is 2.34. The van der Waals surface area contributed by atoms with Gasteiger partial charge in [0.15, 0.2) is 0 Å². The first kappa shape index (κ1) is 18.7. The maximum atomic E-state index is 13.6. The standard InChI is InChI=1S/C17H21ClFNO4/c18-13-6-5-11(10-14(13)19)16-12(7-9-24-16)17(23)20-8-3-1-2-4-15(21)22/h5-6,10,12,16H,1-4,7-9H2,(H,20,23)(H,21,22)/t12-,16+/m1/s1. The Balaban J connectivity index is 1.82. The second-order valence-corrected chi connectivity index (χ2v) is 6.26. The van der Waals surface area contributed by atoms with Crippen LogP contribution < -0.4 is 5.32 Å². The van der Waals surface area contributed by atoms with Crippen LogP contribution in [0.25, 0.3) is 0 Å². The van der Waals surface area contributed by atoms with Crippen LogP contribution in [-0.2, 0) is 14.3 Å². The SMILES string of the molecule is O=C(O)CCCCCNC(=O)[C@@H]1CCO[C@H]1c1ccc(Cl)c(F)c1. The van der Waals surface area contributed by atoms with E-state index in [9.17, 15) is 14.0 Å². The zero-order chi connectivity index (χ0) is 17.5. The van der Waals surface area contributed by atoms with Gasteiger partial charge in [0, 0.05) is 19.6 Å². The lowest BCUT2D eigenvalue weighted by molar-refractivity contribution is -0.137. The Bertz CT molecular complexity index is 596. The molecular weight excluding hydrogens is 337 g/mol. The van der Waals surface area contributed by atoms with Crippen LogP contribution in [-0.4, -0.2) is 30.1 Å². The van der Waals surface area contributed by atoms with Gasteiger partial charge in [0.1, 0.15) is 5.82 Å². The van der Waals surface area contributed by atoms with Crippen molar-refractivity contribution in [3.8, 4) is 0 Å². The number of aliphatic carboxylic acids is 1. The average molecular weight is 358 g/mol. The van der Waals surface area contributed by atoms with E-state index < -0.39 is 17.9 Å². The smallest absolute Gasteiger partial charge is 0.303 e. The molecule has 0 saturated carbocycles. The number of nitrogens with one attached hydrogen (secondary N) is 1. The fraction of sp³-hybridized carbons (Fsp3) is 0.529. The first-order chi connectivity index (χ1) is 11.5. The third-order valence-corrected chi connectivity index (χ3v) is 4.37. The summed E-state index contributed by atoms with van der Waals surface area (Å²) in [6, 6.07) is 4.45. The highest BCUT2D eigenvalue weighted by Crippen LogP contribution is 2.35. The van der Waals surface area contributed by atoms with E-state index in [0.29, 0.717) is 31.6 Å². The largest absolute Gasteiger partial charge is 0.481 e. The van der Waals surface area contributed by atoms with Crippen LogP contribution in [0, 0.1) is 11.7 Å². The average Bonchev–Trinajstić information content (AvgIpc) is 3.02. The van der Waals surface area contributed by atoms with Gasteiger partial charge in [0.2, 0.25) is 5.91 Å². The van der Waals surface area contributed by atoms with Crippen LogP contribution in [0.1, 0.15) is 43.8 Å². The molecule has 1 aromatic rings. The van der Waals surface area contributed by atoms with Crippen molar-refractivity contribution in [2.75, 3.05) is 13.2 Å². The molecule has 1 amide bonds. The van der Waals surface area contributed by atoms with Gasteiger partial charge in [-0.1, -0.05) is 24.1 Å². The van der Waals surface area contributed by atoms with E-state index in [2.05, 4.69) is 5.32 Å². The molecule has 1 aromatic carbocycles. The number of benzene rings is 1. The fourth-order valence-corrected chi connectivity index (χ4v) is 2.91. The first-order valence-corrected chi connectivity index (χ1v) is 8.43. The number of hydrogen-bond donors (Lipinski definition) is 2. The zero-order valence-corrected chi connectivity index (χ0v) is 14.0. The summed E-state index contributed by atoms with van der Waals surface area (Å²) in [4.78, 5) is 22.7. The second-order valence-electron chi connectivity index (χ2n) is 5.86. The summed E-state index contributed by atoms with van der Waals surface area (Å²) in [5.74, 6) is -1.81. The normalized spacial score (nSPS) is 20.1. The van der Waals surface area contributed by atoms with Gasteiger partial charge in [0.05, 0.1) is 17.0 Å². The van der Waals surface area contributed by atoms with Gasteiger partial charge in [-0.15, -0.1) is 0 Å². The molecule has 0 bridgehead atoms. The number of hydrogen-bond acceptors (Lipinski definition) is 3. The van der Waals surface area contributed by atoms with Gasteiger partial charge in [-0.3, -0.25) is 9.59 Å². The summed E-state index contributed by atoms with van der Waals surface area (Å²) in [7, 11) is 0. The molecule has 0 aromatic heterocycles. The topological polar surface area (TPSA) is 75.6 Å². The molecule has 1 aliphatic heterocycles. The van der Waals surface area contributed by atoms with Crippen LogP contribution in [0.3, 0.4) is 0 Å². The van der Waals surface area contributed by atoms with Gasteiger partial charge in [-0.25, -0.2) is 4.39 Å². The molecule has 1 saturated heterocycles. The highest BCUT2D eigenvalue weighted by Gasteiger charge is 2.35. The van der Waals surface area contributed by atoms with Crippen molar-refractivity contribution in [1.82, 2.24) is 5.32 Å². The van der Waals surface area contributed by atoms with Crippen LogP contribution in [0.4, 0.5) is 4.39 Å². The van der Waals surface area contributed by atoms with E-state index in [1.165, 1.54) is 12.1 Å². The molecule has 1 aliphatic rings. The molecule has 0 spiro atoms. The first-order valence-electron chi connectivity index (χ1n) is 8.05. The zero-order valence-electron chi connectivity index (χ0n) is 13.3. The molecule has 0 radical (unpaired) electrons. The summed E-state index contributed by atoms with van der Waals surface area (Å²) < 4.78 is 19.2. The van der Waals surface area contributed by atoms with Crippen molar-refractivity contribution >= 4 is 23.5 Å². The van der Waals surface area contributed by atoms with Crippen LogP contribution >= 0.6 is 11.6 Å². The molecule has 132 valence electrons. The van der Waals surface area contributed by atoms with Crippen molar-refractivity contribution < 1.29 is 23.8 Å². The summed E-state index contributed by atoms with van der Waals surface area (Å²) in [5.41, 5.74) is 0.607. The minimum Gasteiger partial charge on any atom is -0.481 e. The number of carbonyl (C=O) groups excluding carboxylic acids is 1. The van der Waals surface area contributed by atoms with Crippen molar-refractivity contribution in [2.45, 2.75) is 38.2 Å². The monoisotopic (exact) mass is 357 g/mol. The van der Waals surface area contributed by atoms with E-state index in [0.717, 1.165) is 12.8 Å². The number of ether oxygens (including phenoxy) is 1. The Labute approximate surface area is 145 Å². The van der Waals surface area contributed by atoms with E-state index in [-0.39, 0.29) is 23.3 Å². The molecule has 1 fully saturated rings. The van der Waals surface area contributed by atoms with Gasteiger partial charge in [-0.05, 0) is 37.0 Å². The number of unbranched alkanes of at least 4 members (excludes halogenated alkanes) is 2. The summed E-state index contributed by atoms with van der Waals surface area (Å²) >= 11 is 5.68. The third-order valence-electron chi connectivity index (χ3n) is 4.07. The quantitative estimate of drug-likeness (QED) is 0.700. The van der Waals surface area contributed by atoms with Gasteiger partial charge < -0.3 is 15.2 Å². The molecule has 2 N–H and O–H groups in total. The second kappa shape index (κ2) is 8.99. The Hall–Kier alpha value is -1.66. The molecule has 1 heterocycles. The lowest BCUT2D eigenvalue weighted by atomic mass is 9.94. The predicted molar refractivity (Wildman–Crippen MR) is 87.3 cm³/mol. The van der Waals surface area contributed by atoms with Gasteiger partial charge in [-0.2, -0.15) is 0 Å². The maximum Gasteiger partial charge on any atom is 0.303 e. The van der Waals surface area contributed by atoms with Gasteiger partial charge in [0.25, 0.3) is 0 Å². The van der Waals surface area contributed by atoms with Crippen molar-refractivity contribution in [1.29, 1.82) is 0 Å². The fourth-order valence-electron chi connectivity index (χ4n) is 2.80. The number of amides is 1. The van der Waals surface area contributed by atoms with E-state index >= 15 is 0 Å². The Kier molecular flexibility index (Phi) is 6.99. The van der Waals surface area contributed by atoms with Crippen LogP contribution in [0.2, 0.25) is 5.02 Å². The highest BCUT2D eigenvalue weighted by molar-refractivity contribution is 6.30. The van der Waals surface area contributed by atoms with Crippen LogP contribution in [0.5, 0.6) is 0 Å². The van der Waals surface area contributed by atoms with Crippen molar-refractivity contribution in [3.05, 3.63) is 34.6 Å². The Morgan fingerprint density at radius 2 is 2.12 bits per heavy atom. The van der Waals surface area contributed by atoms with Crippen molar-refractivity contribution in [3.63, 3.8) is 0 Å². The summed E-state index contributed by atoms with van der Waals surface area (Å²) in [6.45, 7) is 0.947. The third kappa shape index (κ3) is 5.18. The van der Waals surface area contributed by atoms with E-state index in [4.69, 9.17) is 21.4 Å². The lowest BCUT2D eigenvalue weighted by Crippen LogP contribution is -2.33. The Morgan fingerprint density at radius 3 is 2.83 bits per heavy atom. The van der Waals surface area contributed by atoms with E-state index in [1.807, 2.05) is 0 Å². The molecule has 7 heteroatoms. The molecule has 2 rings (SSSR count). The maximum absolute atomic E-state index is 13.6. The molecule has 0 aliphatic carbocycles. The molecule has 24 heavy (non-hydrogen) atoms. The Morgan fingerprint density at radius 1 is 1.33 bits per heavy atom. The summed E-state index contributed by atoms with van der Waals surface area (Å²) in [5, 5.41) is 11.5. The van der Waals surface area contributed by atoms with Gasteiger partial charge >= 0.3 is 5.97 Å². The van der Waals surface area contributed by atoms with E-state index in [1.54, 1.807) is 6.07 Å². The number of carbonyl (C=O) groups is 2. The van der Waals surface area contributed by atoms with Crippen molar-refractivity contribution in [2.24, 2.45) is 5.92 Å². The minimum atomic E-state index is -0.805. The molecule has 2 atom stereocenters. The minimum absolute atomic E-state index is 0.0408. The molecule has 5 nitrogen and oxygen atoms in total. The molecular formula is C17H21ClFNO4. The number of carboxylic acids is 1. The van der Waals surface area contributed by atoms with Crippen LogP contribution in [0.15, 0.2) is 18.2 Å². The highest BCUT2D eigenvalue weighted by atomic mass is 35.5.